The van der Waals surface area contributed by atoms with E-state index in [1.54, 1.807) is 39.5 Å². The first kappa shape index (κ1) is 24.7. The molecular weight excluding hydrogens is 479 g/mol. The maximum Gasteiger partial charge on any atom is 0.253 e. The molecule has 4 N–H and O–H groups in total. The van der Waals surface area contributed by atoms with Crippen molar-refractivity contribution in [1.82, 2.24) is 25.5 Å². The minimum atomic E-state index is -0.434. The van der Waals surface area contributed by atoms with Crippen LogP contribution in [0.1, 0.15) is 35.2 Å². The number of fused-ring (bicyclic) bond motifs is 1. The molecule has 3 aromatic rings. The van der Waals surface area contributed by atoms with E-state index in [4.69, 9.17) is 5.21 Å². The van der Waals surface area contributed by atoms with Gasteiger partial charge < -0.3 is 15.1 Å². The van der Waals surface area contributed by atoms with E-state index in [1.165, 1.54) is 6.07 Å². The molecule has 2 aromatic carbocycles. The molecule has 0 bridgehead atoms. The van der Waals surface area contributed by atoms with Crippen LogP contribution in [-0.4, -0.2) is 69.1 Å². The second-order valence-corrected chi connectivity index (χ2v) is 9.59. The zero-order valence-electron chi connectivity index (χ0n) is 20.2. The largest absolute Gasteiger partial charge is 0.364 e. The van der Waals surface area contributed by atoms with Crippen LogP contribution in [0.25, 0.3) is 10.9 Å². The fourth-order valence-electron chi connectivity index (χ4n) is 5.21. The summed E-state index contributed by atoms with van der Waals surface area (Å²) in [6, 6.07) is 12.0. The van der Waals surface area contributed by atoms with Gasteiger partial charge in [0, 0.05) is 50.1 Å². The smallest absolute Gasteiger partial charge is 0.253 e. The van der Waals surface area contributed by atoms with Crippen LogP contribution in [0, 0.1) is 17.7 Å². The molecule has 10 nitrogen and oxygen atoms in total. The van der Waals surface area contributed by atoms with Crippen LogP contribution in [-0.2, 0) is 16.1 Å². The van der Waals surface area contributed by atoms with Gasteiger partial charge in [-0.1, -0.05) is 18.2 Å². The second-order valence-electron chi connectivity index (χ2n) is 9.59. The zero-order valence-corrected chi connectivity index (χ0v) is 20.2. The van der Waals surface area contributed by atoms with Crippen molar-refractivity contribution in [3.8, 4) is 0 Å². The predicted molar refractivity (Wildman–Crippen MR) is 133 cm³/mol. The number of amides is 3. The lowest BCUT2D eigenvalue weighted by Crippen LogP contribution is -2.51. The number of hydrogen-bond donors (Lipinski definition) is 4. The van der Waals surface area contributed by atoms with Gasteiger partial charge in [-0.25, -0.2) is 9.87 Å². The molecule has 37 heavy (non-hydrogen) atoms. The maximum atomic E-state index is 14.1. The molecule has 2 fully saturated rings. The summed E-state index contributed by atoms with van der Waals surface area (Å²) in [4.78, 5) is 41.0. The number of rotatable bonds is 6. The van der Waals surface area contributed by atoms with E-state index in [2.05, 4.69) is 15.5 Å². The van der Waals surface area contributed by atoms with Gasteiger partial charge in [-0.2, -0.15) is 5.10 Å². The molecule has 0 spiro atoms. The molecule has 3 amide bonds. The standard InChI is InChI=1S/C26H29FN6O4/c27-20-2-1-3-21-22(20)23(30-29-21)28-15-16-4-6-17(7-5-16)25(35)32-10-12-33(13-11-32)26(36)19-9-8-18(14-19)24(34)31-37/h1-7,18-19,37H,8-15H2,(H,31,34)(H2,28,29,30). The number of aromatic nitrogens is 2. The van der Waals surface area contributed by atoms with E-state index in [0.29, 0.717) is 74.3 Å². The highest BCUT2D eigenvalue weighted by molar-refractivity contribution is 5.94. The number of halogens is 1. The number of nitrogens with one attached hydrogen (secondary N) is 3. The molecule has 2 heterocycles. The average molecular weight is 509 g/mol. The molecule has 2 atom stereocenters. The molecule has 2 unspecified atom stereocenters. The molecule has 1 saturated heterocycles. The Hall–Kier alpha value is -3.99. The van der Waals surface area contributed by atoms with Gasteiger partial charge in [0.2, 0.25) is 11.8 Å². The Bertz CT molecular complexity index is 1300. The van der Waals surface area contributed by atoms with Gasteiger partial charge in [-0.05, 0) is 49.1 Å². The summed E-state index contributed by atoms with van der Waals surface area (Å²) in [5.41, 5.74) is 3.78. The van der Waals surface area contributed by atoms with E-state index in [0.717, 1.165) is 5.56 Å². The first-order valence-corrected chi connectivity index (χ1v) is 12.4. The van der Waals surface area contributed by atoms with Gasteiger partial charge in [-0.3, -0.25) is 24.7 Å². The number of benzene rings is 2. The number of aromatic amines is 1. The summed E-state index contributed by atoms with van der Waals surface area (Å²) in [6.07, 6.45) is 1.65. The van der Waals surface area contributed by atoms with E-state index >= 15 is 0 Å². The third kappa shape index (κ3) is 5.12. The number of anilines is 1. The van der Waals surface area contributed by atoms with E-state index in [-0.39, 0.29) is 29.5 Å². The summed E-state index contributed by atoms with van der Waals surface area (Å²) >= 11 is 0. The van der Waals surface area contributed by atoms with Gasteiger partial charge in [0.1, 0.15) is 5.82 Å². The highest BCUT2D eigenvalue weighted by atomic mass is 19.1. The average Bonchev–Trinajstić information content (AvgIpc) is 3.60. The monoisotopic (exact) mass is 508 g/mol. The van der Waals surface area contributed by atoms with Gasteiger partial charge in [-0.15, -0.1) is 0 Å². The maximum absolute atomic E-state index is 14.1. The summed E-state index contributed by atoms with van der Waals surface area (Å²) in [7, 11) is 0. The number of nitrogens with zero attached hydrogens (tertiary/aromatic N) is 3. The van der Waals surface area contributed by atoms with Crippen molar-refractivity contribution < 1.29 is 24.0 Å². The molecule has 1 aliphatic carbocycles. The van der Waals surface area contributed by atoms with Crippen LogP contribution in [0.5, 0.6) is 0 Å². The molecule has 0 radical (unpaired) electrons. The van der Waals surface area contributed by atoms with Gasteiger partial charge >= 0.3 is 0 Å². The van der Waals surface area contributed by atoms with Crippen molar-refractivity contribution in [3.05, 3.63) is 59.4 Å². The normalized spacial score (nSPS) is 19.7. The molecule has 5 rings (SSSR count). The third-order valence-corrected chi connectivity index (χ3v) is 7.34. The Labute approximate surface area is 212 Å². The van der Waals surface area contributed by atoms with Crippen LogP contribution < -0.4 is 10.8 Å². The number of hydrogen-bond acceptors (Lipinski definition) is 6. The Balaban J connectivity index is 1.12. The van der Waals surface area contributed by atoms with Crippen LogP contribution in [0.3, 0.4) is 0 Å². The van der Waals surface area contributed by atoms with Crippen molar-refractivity contribution in [1.29, 1.82) is 0 Å². The van der Waals surface area contributed by atoms with Crippen LogP contribution >= 0.6 is 0 Å². The SMILES string of the molecule is O=C(NO)C1CCC(C(=O)N2CCN(C(=O)c3ccc(CNc4n[nH]c5cccc(F)c45)cc3)CC2)C1. The molecule has 11 heteroatoms. The van der Waals surface area contributed by atoms with Gasteiger partial charge in [0.05, 0.1) is 10.9 Å². The highest BCUT2D eigenvalue weighted by Gasteiger charge is 2.37. The molecular formula is C26H29FN6O4. The summed E-state index contributed by atoms with van der Waals surface area (Å²) in [5, 5.41) is 19.3. The fourth-order valence-corrected chi connectivity index (χ4v) is 5.21. The third-order valence-electron chi connectivity index (χ3n) is 7.34. The van der Waals surface area contributed by atoms with Crippen molar-refractivity contribution in [2.45, 2.75) is 25.8 Å². The number of carbonyl (C=O) groups is 3. The Morgan fingerprint density at radius 1 is 1.00 bits per heavy atom. The molecule has 194 valence electrons. The van der Waals surface area contributed by atoms with E-state index in [9.17, 15) is 18.8 Å². The summed E-state index contributed by atoms with van der Waals surface area (Å²) in [5.74, 6) is -0.977. The van der Waals surface area contributed by atoms with Crippen LogP contribution in [0.15, 0.2) is 42.5 Å². The van der Waals surface area contributed by atoms with Crippen molar-refractivity contribution in [3.63, 3.8) is 0 Å². The van der Waals surface area contributed by atoms with Crippen LogP contribution in [0.2, 0.25) is 0 Å². The van der Waals surface area contributed by atoms with Gasteiger partial charge in [0.15, 0.2) is 5.82 Å². The Morgan fingerprint density at radius 3 is 2.43 bits per heavy atom. The van der Waals surface area contributed by atoms with Crippen molar-refractivity contribution in [2.75, 3.05) is 31.5 Å². The lowest BCUT2D eigenvalue weighted by atomic mass is 10.0. The van der Waals surface area contributed by atoms with Crippen molar-refractivity contribution in [2.24, 2.45) is 11.8 Å². The number of H-pyrrole nitrogens is 1. The van der Waals surface area contributed by atoms with E-state index < -0.39 is 5.91 Å². The molecule has 1 aromatic heterocycles. The van der Waals surface area contributed by atoms with Gasteiger partial charge in [0.25, 0.3) is 5.91 Å². The predicted octanol–water partition coefficient (Wildman–Crippen LogP) is 2.52. The van der Waals surface area contributed by atoms with Crippen molar-refractivity contribution >= 4 is 34.4 Å². The topological polar surface area (TPSA) is 131 Å². The number of piperazine rings is 1. The quantitative estimate of drug-likeness (QED) is 0.299. The first-order valence-electron chi connectivity index (χ1n) is 12.4. The fraction of sp³-hybridized carbons (Fsp3) is 0.385. The minimum Gasteiger partial charge on any atom is -0.364 e. The summed E-state index contributed by atoms with van der Waals surface area (Å²) < 4.78 is 14.1. The molecule has 1 saturated carbocycles. The lowest BCUT2D eigenvalue weighted by Gasteiger charge is -2.36. The van der Waals surface area contributed by atoms with Crippen LogP contribution in [0.4, 0.5) is 10.2 Å². The second kappa shape index (κ2) is 10.6. The number of hydroxylamine groups is 1. The Kier molecular flexibility index (Phi) is 7.04. The first-order chi connectivity index (χ1) is 17.9. The molecule has 1 aliphatic heterocycles. The lowest BCUT2D eigenvalue weighted by molar-refractivity contribution is -0.137. The van der Waals surface area contributed by atoms with E-state index in [1.807, 2.05) is 12.1 Å². The zero-order chi connectivity index (χ0) is 25.9. The highest BCUT2D eigenvalue weighted by Crippen LogP contribution is 2.32. The summed E-state index contributed by atoms with van der Waals surface area (Å²) in [6.45, 7) is 2.21. The minimum absolute atomic E-state index is 0.0155. The number of carbonyl (C=O) groups excluding carboxylic acids is 3. The Morgan fingerprint density at radius 2 is 1.70 bits per heavy atom. The molecule has 2 aliphatic rings.